The van der Waals surface area contributed by atoms with Crippen molar-refractivity contribution in [1.29, 1.82) is 0 Å². The SMILES string of the molecule is COc1ccccc1CN(CCc1c[nH]c2ccccc12)C(=O)CN(C(C)=O)C(C)C. The second-order valence-corrected chi connectivity index (χ2v) is 7.98. The molecular formula is C25H31N3O3. The molecule has 0 radical (unpaired) electrons. The summed E-state index contributed by atoms with van der Waals surface area (Å²) in [6, 6.07) is 15.8. The summed E-state index contributed by atoms with van der Waals surface area (Å²) in [5.74, 6) is 0.576. The molecule has 2 aromatic carbocycles. The third kappa shape index (κ3) is 5.45. The van der Waals surface area contributed by atoms with Gasteiger partial charge in [0.1, 0.15) is 5.75 Å². The predicted molar refractivity (Wildman–Crippen MR) is 123 cm³/mol. The standard InChI is InChI=1S/C25H31N3O3/c1-18(2)28(19(3)29)17-25(30)27(16-21-9-5-8-12-24(21)31-4)14-13-20-15-26-23-11-7-6-10-22(20)23/h5-12,15,18,26H,13-14,16-17H2,1-4H3. The molecule has 0 aliphatic rings. The number of aromatic nitrogens is 1. The molecule has 31 heavy (non-hydrogen) atoms. The molecular weight excluding hydrogens is 390 g/mol. The van der Waals surface area contributed by atoms with Gasteiger partial charge in [-0.2, -0.15) is 0 Å². The van der Waals surface area contributed by atoms with Crippen LogP contribution < -0.4 is 4.74 Å². The molecule has 164 valence electrons. The summed E-state index contributed by atoms with van der Waals surface area (Å²) in [4.78, 5) is 32.0. The van der Waals surface area contributed by atoms with Gasteiger partial charge in [-0.1, -0.05) is 36.4 Å². The number of fused-ring (bicyclic) bond motifs is 1. The lowest BCUT2D eigenvalue weighted by Crippen LogP contribution is -2.45. The highest BCUT2D eigenvalue weighted by Gasteiger charge is 2.22. The zero-order valence-corrected chi connectivity index (χ0v) is 18.7. The number of nitrogens with zero attached hydrogens (tertiary/aromatic N) is 2. The maximum Gasteiger partial charge on any atom is 0.242 e. The highest BCUT2D eigenvalue weighted by Crippen LogP contribution is 2.22. The molecule has 0 atom stereocenters. The van der Waals surface area contributed by atoms with Gasteiger partial charge in [0.25, 0.3) is 0 Å². The van der Waals surface area contributed by atoms with Crippen LogP contribution in [0.3, 0.4) is 0 Å². The van der Waals surface area contributed by atoms with Crippen LogP contribution in [0.15, 0.2) is 54.7 Å². The smallest absolute Gasteiger partial charge is 0.242 e. The van der Waals surface area contributed by atoms with Gasteiger partial charge in [0, 0.05) is 48.7 Å². The number of carbonyl (C=O) groups is 2. The van der Waals surface area contributed by atoms with Gasteiger partial charge < -0.3 is 19.5 Å². The first kappa shape index (κ1) is 22.4. The Kier molecular flexibility index (Phi) is 7.34. The first-order valence-electron chi connectivity index (χ1n) is 10.6. The number of benzene rings is 2. The van der Waals surface area contributed by atoms with E-state index in [1.807, 2.05) is 67.4 Å². The Morgan fingerprint density at radius 1 is 1.03 bits per heavy atom. The zero-order chi connectivity index (χ0) is 22.4. The van der Waals surface area contributed by atoms with Gasteiger partial charge in [-0.15, -0.1) is 0 Å². The summed E-state index contributed by atoms with van der Waals surface area (Å²) < 4.78 is 5.48. The Morgan fingerprint density at radius 3 is 2.45 bits per heavy atom. The quantitative estimate of drug-likeness (QED) is 0.568. The first-order valence-corrected chi connectivity index (χ1v) is 10.6. The fraction of sp³-hybridized carbons (Fsp3) is 0.360. The predicted octanol–water partition coefficient (Wildman–Crippen LogP) is 4.00. The molecule has 0 aliphatic heterocycles. The summed E-state index contributed by atoms with van der Waals surface area (Å²) >= 11 is 0. The Labute approximate surface area is 183 Å². The maximum absolute atomic E-state index is 13.3. The number of rotatable bonds is 9. The number of H-pyrrole nitrogens is 1. The normalized spacial score (nSPS) is 11.0. The van der Waals surface area contributed by atoms with Gasteiger partial charge in [-0.05, 0) is 38.0 Å². The molecule has 1 aromatic heterocycles. The van der Waals surface area contributed by atoms with E-state index in [9.17, 15) is 9.59 Å². The van der Waals surface area contributed by atoms with Gasteiger partial charge in [0.2, 0.25) is 11.8 Å². The second kappa shape index (κ2) is 10.2. The molecule has 0 saturated carbocycles. The van der Waals surface area contributed by atoms with Crippen molar-refractivity contribution in [3.05, 3.63) is 65.9 Å². The molecule has 6 nitrogen and oxygen atoms in total. The van der Waals surface area contributed by atoms with Crippen LogP contribution in [0.1, 0.15) is 31.9 Å². The van der Waals surface area contributed by atoms with Crippen LogP contribution in [0, 0.1) is 0 Å². The lowest BCUT2D eigenvalue weighted by molar-refractivity contribution is -0.141. The molecule has 0 unspecified atom stereocenters. The first-order chi connectivity index (χ1) is 14.9. The molecule has 3 rings (SSSR count). The molecule has 0 saturated heterocycles. The van der Waals surface area contributed by atoms with Gasteiger partial charge in [0.15, 0.2) is 0 Å². The van der Waals surface area contributed by atoms with Crippen LogP contribution in [-0.2, 0) is 22.6 Å². The van der Waals surface area contributed by atoms with Crippen LogP contribution in [-0.4, -0.2) is 52.8 Å². The van der Waals surface area contributed by atoms with E-state index in [2.05, 4.69) is 11.1 Å². The van der Waals surface area contributed by atoms with E-state index < -0.39 is 0 Å². The molecule has 1 heterocycles. The van der Waals surface area contributed by atoms with Crippen molar-refractivity contribution in [2.24, 2.45) is 0 Å². The highest BCUT2D eigenvalue weighted by atomic mass is 16.5. The fourth-order valence-corrected chi connectivity index (χ4v) is 3.83. The van der Waals surface area contributed by atoms with Crippen LogP contribution in [0.2, 0.25) is 0 Å². The number of hydrogen-bond acceptors (Lipinski definition) is 3. The highest BCUT2D eigenvalue weighted by molar-refractivity contribution is 5.85. The van der Waals surface area contributed by atoms with Crippen LogP contribution in [0.25, 0.3) is 10.9 Å². The van der Waals surface area contributed by atoms with Crippen molar-refractivity contribution in [1.82, 2.24) is 14.8 Å². The molecule has 2 amide bonds. The molecule has 0 spiro atoms. The summed E-state index contributed by atoms with van der Waals surface area (Å²) in [5, 5.41) is 1.17. The van der Waals surface area contributed by atoms with Crippen LogP contribution in [0.5, 0.6) is 5.75 Å². The van der Waals surface area contributed by atoms with E-state index in [1.165, 1.54) is 17.9 Å². The minimum absolute atomic E-state index is 0.0387. The Morgan fingerprint density at radius 2 is 1.74 bits per heavy atom. The molecule has 0 aliphatic carbocycles. The Balaban J connectivity index is 1.82. The summed E-state index contributed by atoms with van der Waals surface area (Å²) in [6.07, 6.45) is 2.72. The number of hydrogen-bond donors (Lipinski definition) is 1. The van der Waals surface area contributed by atoms with E-state index in [-0.39, 0.29) is 24.4 Å². The third-order valence-electron chi connectivity index (χ3n) is 5.57. The van der Waals surface area contributed by atoms with E-state index in [1.54, 1.807) is 12.0 Å². The molecule has 6 heteroatoms. The monoisotopic (exact) mass is 421 g/mol. The zero-order valence-electron chi connectivity index (χ0n) is 18.7. The summed E-state index contributed by atoms with van der Waals surface area (Å²) in [6.45, 7) is 6.38. The van der Waals surface area contributed by atoms with Crippen molar-refractivity contribution >= 4 is 22.7 Å². The van der Waals surface area contributed by atoms with E-state index in [4.69, 9.17) is 4.74 Å². The van der Waals surface area contributed by atoms with Gasteiger partial charge in [-0.3, -0.25) is 9.59 Å². The van der Waals surface area contributed by atoms with Crippen molar-refractivity contribution in [2.45, 2.75) is 39.8 Å². The van der Waals surface area contributed by atoms with Gasteiger partial charge in [-0.25, -0.2) is 0 Å². The average molecular weight is 422 g/mol. The van der Waals surface area contributed by atoms with Gasteiger partial charge >= 0.3 is 0 Å². The fourth-order valence-electron chi connectivity index (χ4n) is 3.83. The Bertz CT molecular complexity index is 1040. The van der Waals surface area contributed by atoms with Crippen LogP contribution >= 0.6 is 0 Å². The van der Waals surface area contributed by atoms with E-state index >= 15 is 0 Å². The maximum atomic E-state index is 13.3. The third-order valence-corrected chi connectivity index (χ3v) is 5.57. The summed E-state index contributed by atoms with van der Waals surface area (Å²) in [5.41, 5.74) is 3.19. The number of ether oxygens (including phenoxy) is 1. The number of carbonyl (C=O) groups excluding carboxylic acids is 2. The largest absolute Gasteiger partial charge is 0.496 e. The number of methoxy groups -OCH3 is 1. The van der Waals surface area contributed by atoms with Crippen molar-refractivity contribution in [3.8, 4) is 5.75 Å². The number of amides is 2. The van der Waals surface area contributed by atoms with Crippen LogP contribution in [0.4, 0.5) is 0 Å². The van der Waals surface area contributed by atoms with Crippen molar-refractivity contribution < 1.29 is 14.3 Å². The lowest BCUT2D eigenvalue weighted by Gasteiger charge is -2.29. The molecule has 0 fully saturated rings. The molecule has 0 bridgehead atoms. The number of aromatic amines is 1. The molecule has 3 aromatic rings. The second-order valence-electron chi connectivity index (χ2n) is 7.98. The topological polar surface area (TPSA) is 65.6 Å². The van der Waals surface area contributed by atoms with E-state index in [0.29, 0.717) is 19.5 Å². The number of nitrogens with one attached hydrogen (secondary N) is 1. The van der Waals surface area contributed by atoms with E-state index in [0.717, 1.165) is 16.8 Å². The summed E-state index contributed by atoms with van der Waals surface area (Å²) in [7, 11) is 1.63. The van der Waals surface area contributed by atoms with Crippen molar-refractivity contribution in [2.75, 3.05) is 20.2 Å². The number of para-hydroxylation sites is 2. The Hall–Kier alpha value is -3.28. The lowest BCUT2D eigenvalue weighted by atomic mass is 10.1. The van der Waals surface area contributed by atoms with Gasteiger partial charge in [0.05, 0.1) is 13.7 Å². The minimum Gasteiger partial charge on any atom is -0.496 e. The minimum atomic E-state index is -0.0998. The molecule has 1 N–H and O–H groups in total. The van der Waals surface area contributed by atoms with Crippen molar-refractivity contribution in [3.63, 3.8) is 0 Å². The average Bonchev–Trinajstić information content (AvgIpc) is 3.17.